The number of hydrogen-bond donors (Lipinski definition) is 0. The summed E-state index contributed by atoms with van der Waals surface area (Å²) in [6, 6.07) is 21.6. The molecule has 0 amide bonds. The Morgan fingerprint density at radius 3 is 2.19 bits per heavy atom. The van der Waals surface area contributed by atoms with Gasteiger partial charge >= 0.3 is 0 Å². The third kappa shape index (κ3) is 2.40. The van der Waals surface area contributed by atoms with Gasteiger partial charge in [0.15, 0.2) is 0 Å². The molecule has 3 heteroatoms. The first-order chi connectivity index (χ1) is 12.8. The number of benzene rings is 4. The van der Waals surface area contributed by atoms with Crippen molar-refractivity contribution in [2.45, 2.75) is 6.92 Å². The Kier molecular flexibility index (Phi) is 3.54. The van der Waals surface area contributed by atoms with Gasteiger partial charge < -0.3 is 0 Å². The Morgan fingerprint density at radius 1 is 0.731 bits per heavy atom. The highest BCUT2D eigenvalue weighted by molar-refractivity contribution is 7.11. The smallest absolute Gasteiger partial charge is 0.0670 e. The van der Waals surface area contributed by atoms with Gasteiger partial charge in [-0.3, -0.25) is 0 Å². The number of nitrogens with zero attached hydrogens (tertiary/aromatic N) is 2. The van der Waals surface area contributed by atoms with Crippen molar-refractivity contribution >= 4 is 56.1 Å². The lowest BCUT2D eigenvalue weighted by Crippen LogP contribution is -1.89. The van der Waals surface area contributed by atoms with Crippen LogP contribution in [0.2, 0.25) is 0 Å². The Hall–Kier alpha value is -3.04. The molecule has 124 valence electrons. The van der Waals surface area contributed by atoms with Gasteiger partial charge in [-0.1, -0.05) is 54.6 Å². The van der Waals surface area contributed by atoms with Gasteiger partial charge in [0.25, 0.3) is 0 Å². The second-order valence-electron chi connectivity index (χ2n) is 6.47. The zero-order chi connectivity index (χ0) is 17.5. The number of aryl methyl sites for hydroxylation is 1. The van der Waals surface area contributed by atoms with Crippen LogP contribution in [-0.2, 0) is 0 Å². The second-order valence-corrected chi connectivity index (χ2v) is 7.42. The molecule has 1 aromatic heterocycles. The number of rotatable bonds is 3. The summed E-state index contributed by atoms with van der Waals surface area (Å²) < 4.78 is 0. The summed E-state index contributed by atoms with van der Waals surface area (Å²) in [7, 11) is 0. The van der Waals surface area contributed by atoms with E-state index in [-0.39, 0.29) is 0 Å². The van der Waals surface area contributed by atoms with E-state index in [4.69, 9.17) is 0 Å². The van der Waals surface area contributed by atoms with Gasteiger partial charge in [0.2, 0.25) is 0 Å². The van der Waals surface area contributed by atoms with Crippen LogP contribution < -0.4 is 0 Å². The molecule has 0 aliphatic carbocycles. The minimum absolute atomic E-state index is 1.09. The lowest BCUT2D eigenvalue weighted by molar-refractivity contribution is 1.27. The van der Waals surface area contributed by atoms with E-state index >= 15 is 0 Å². The Labute approximate surface area is 155 Å². The molecule has 5 aromatic rings. The third-order valence-corrected chi connectivity index (χ3v) is 5.86. The molecule has 0 bridgehead atoms. The van der Waals surface area contributed by atoms with Gasteiger partial charge in [-0.2, -0.15) is 10.2 Å². The molecular formula is C23H16N2S. The zero-order valence-electron chi connectivity index (χ0n) is 14.3. The molecule has 26 heavy (non-hydrogen) atoms. The quantitative estimate of drug-likeness (QED) is 0.204. The highest BCUT2D eigenvalue weighted by Crippen LogP contribution is 2.35. The van der Waals surface area contributed by atoms with E-state index in [2.05, 4.69) is 83.2 Å². The molecule has 0 spiro atoms. The largest absolute Gasteiger partial charge is 0.158 e. The van der Waals surface area contributed by atoms with Gasteiger partial charge in [-0.05, 0) is 56.3 Å². The Balaban J connectivity index is 1.63. The van der Waals surface area contributed by atoms with Crippen molar-refractivity contribution < 1.29 is 0 Å². The van der Waals surface area contributed by atoms with Crippen LogP contribution in [0.5, 0.6) is 0 Å². The summed E-state index contributed by atoms with van der Waals surface area (Å²) in [6.45, 7) is 2.09. The SMILES string of the molecule is Cc1ccsc1/C=N\N=C\c1ccc2ccc3cccc4ccc1c2c34. The second kappa shape index (κ2) is 6.04. The van der Waals surface area contributed by atoms with Crippen molar-refractivity contribution in [3.63, 3.8) is 0 Å². The highest BCUT2D eigenvalue weighted by atomic mass is 32.1. The molecule has 0 unspecified atom stereocenters. The van der Waals surface area contributed by atoms with E-state index in [9.17, 15) is 0 Å². The maximum Gasteiger partial charge on any atom is 0.0670 e. The number of hydrogen-bond acceptors (Lipinski definition) is 3. The summed E-state index contributed by atoms with van der Waals surface area (Å²) in [5, 5.41) is 18.3. The molecule has 0 N–H and O–H groups in total. The maximum absolute atomic E-state index is 4.29. The van der Waals surface area contributed by atoms with E-state index in [0.29, 0.717) is 0 Å². The van der Waals surface area contributed by atoms with Crippen molar-refractivity contribution in [3.05, 3.63) is 82.0 Å². The zero-order valence-corrected chi connectivity index (χ0v) is 15.1. The van der Waals surface area contributed by atoms with Gasteiger partial charge in [-0.25, -0.2) is 0 Å². The molecule has 1 heterocycles. The minimum atomic E-state index is 1.09. The number of thiophene rings is 1. The van der Waals surface area contributed by atoms with Crippen LogP contribution in [0.4, 0.5) is 0 Å². The maximum atomic E-state index is 4.29. The molecule has 4 aromatic carbocycles. The van der Waals surface area contributed by atoms with Gasteiger partial charge in [0.05, 0.1) is 17.3 Å². The first kappa shape index (κ1) is 15.2. The normalized spacial score (nSPS) is 12.5. The van der Waals surface area contributed by atoms with E-state index in [0.717, 1.165) is 10.4 Å². The van der Waals surface area contributed by atoms with Crippen LogP contribution in [0.25, 0.3) is 32.3 Å². The fourth-order valence-electron chi connectivity index (χ4n) is 3.57. The first-order valence-electron chi connectivity index (χ1n) is 8.58. The van der Waals surface area contributed by atoms with Crippen molar-refractivity contribution in [1.82, 2.24) is 0 Å². The molecule has 0 fully saturated rings. The monoisotopic (exact) mass is 352 g/mol. The third-order valence-electron chi connectivity index (χ3n) is 4.90. The van der Waals surface area contributed by atoms with Gasteiger partial charge in [-0.15, -0.1) is 11.3 Å². The van der Waals surface area contributed by atoms with Crippen LogP contribution in [-0.4, -0.2) is 12.4 Å². The van der Waals surface area contributed by atoms with Crippen LogP contribution in [0.1, 0.15) is 16.0 Å². The molecule has 2 nitrogen and oxygen atoms in total. The summed E-state index contributed by atoms with van der Waals surface area (Å²) >= 11 is 1.68. The average Bonchev–Trinajstić information content (AvgIpc) is 3.09. The molecule has 0 aliphatic rings. The molecule has 5 rings (SSSR count). The molecule has 0 aliphatic heterocycles. The summed E-state index contributed by atoms with van der Waals surface area (Å²) in [6.07, 6.45) is 3.68. The van der Waals surface area contributed by atoms with E-state index in [1.165, 1.54) is 37.9 Å². The van der Waals surface area contributed by atoms with E-state index < -0.39 is 0 Å². The van der Waals surface area contributed by atoms with Gasteiger partial charge in [0, 0.05) is 5.56 Å². The summed E-state index contributed by atoms with van der Waals surface area (Å²) in [5.74, 6) is 0. The van der Waals surface area contributed by atoms with Crippen molar-refractivity contribution in [1.29, 1.82) is 0 Å². The highest BCUT2D eigenvalue weighted by Gasteiger charge is 2.09. The Morgan fingerprint density at radius 2 is 1.42 bits per heavy atom. The molecule has 0 radical (unpaired) electrons. The lowest BCUT2D eigenvalue weighted by atomic mass is 9.92. The van der Waals surface area contributed by atoms with Crippen LogP contribution in [0, 0.1) is 6.92 Å². The topological polar surface area (TPSA) is 24.7 Å². The molecule has 0 atom stereocenters. The predicted molar refractivity (Wildman–Crippen MR) is 114 cm³/mol. The summed E-state index contributed by atoms with van der Waals surface area (Å²) in [4.78, 5) is 1.15. The van der Waals surface area contributed by atoms with Gasteiger partial charge in [0.1, 0.15) is 0 Å². The standard InChI is InChI=1S/C23H16N2S/c1-15-11-12-26-21(15)14-25-24-13-19-8-7-18-6-5-16-3-2-4-17-9-10-20(19)23(18)22(16)17/h2-14H,1H3/b24-13+,25-14-. The van der Waals surface area contributed by atoms with Crippen molar-refractivity contribution in [3.8, 4) is 0 Å². The van der Waals surface area contributed by atoms with E-state index in [1.54, 1.807) is 11.3 Å². The lowest BCUT2D eigenvalue weighted by Gasteiger charge is -2.11. The van der Waals surface area contributed by atoms with Crippen molar-refractivity contribution in [2.24, 2.45) is 10.2 Å². The minimum Gasteiger partial charge on any atom is -0.158 e. The molecule has 0 saturated heterocycles. The fraction of sp³-hybridized carbons (Fsp3) is 0.0435. The van der Waals surface area contributed by atoms with Crippen LogP contribution >= 0.6 is 11.3 Å². The van der Waals surface area contributed by atoms with E-state index in [1.807, 2.05) is 12.4 Å². The van der Waals surface area contributed by atoms with Crippen LogP contribution in [0.15, 0.2) is 76.2 Å². The first-order valence-corrected chi connectivity index (χ1v) is 9.46. The van der Waals surface area contributed by atoms with Crippen molar-refractivity contribution in [2.75, 3.05) is 0 Å². The average molecular weight is 352 g/mol. The Bertz CT molecular complexity index is 1280. The fourth-order valence-corrected chi connectivity index (χ4v) is 4.35. The summed E-state index contributed by atoms with van der Waals surface area (Å²) in [5.41, 5.74) is 2.33. The molecule has 0 saturated carbocycles. The predicted octanol–water partition coefficient (Wildman–Crippen LogP) is 6.41. The molecular weight excluding hydrogens is 336 g/mol. The van der Waals surface area contributed by atoms with Crippen LogP contribution in [0.3, 0.4) is 0 Å².